The molecule has 24 heavy (non-hydrogen) atoms. The van der Waals surface area contributed by atoms with Gasteiger partial charge in [-0.3, -0.25) is 4.79 Å². The molecule has 0 fully saturated rings. The van der Waals surface area contributed by atoms with Crippen molar-refractivity contribution in [3.05, 3.63) is 45.9 Å². The van der Waals surface area contributed by atoms with Crippen molar-refractivity contribution in [2.75, 3.05) is 0 Å². The minimum atomic E-state index is -1.13. The van der Waals surface area contributed by atoms with Gasteiger partial charge in [0.25, 0.3) is 0 Å². The van der Waals surface area contributed by atoms with Crippen LogP contribution in [-0.2, 0) is 17.6 Å². The van der Waals surface area contributed by atoms with Crippen molar-refractivity contribution in [1.29, 1.82) is 0 Å². The molecule has 2 aliphatic rings. The van der Waals surface area contributed by atoms with Crippen LogP contribution in [0, 0.1) is 18.3 Å². The Labute approximate surface area is 148 Å². The highest BCUT2D eigenvalue weighted by Gasteiger charge is 2.52. The van der Waals surface area contributed by atoms with Crippen molar-refractivity contribution in [1.82, 2.24) is 0 Å². The predicted octanol–water partition coefficient (Wildman–Crippen LogP) is 4.49. The zero-order valence-electron chi connectivity index (χ0n) is 14.8. The van der Waals surface area contributed by atoms with E-state index in [2.05, 4.69) is 13.0 Å². The molecule has 0 bridgehead atoms. The summed E-state index contributed by atoms with van der Waals surface area (Å²) >= 11 is 6.18. The van der Waals surface area contributed by atoms with E-state index >= 15 is 0 Å². The number of furan rings is 1. The van der Waals surface area contributed by atoms with Crippen molar-refractivity contribution in [3.63, 3.8) is 0 Å². The summed E-state index contributed by atoms with van der Waals surface area (Å²) in [6, 6.07) is 0. The highest BCUT2D eigenvalue weighted by molar-refractivity contribution is 6.43. The molecule has 3 unspecified atom stereocenters. The van der Waals surface area contributed by atoms with Gasteiger partial charge in [0.2, 0.25) is 0 Å². The molecule has 0 saturated heterocycles. The summed E-state index contributed by atoms with van der Waals surface area (Å²) in [6.45, 7) is 7.82. The van der Waals surface area contributed by atoms with Gasteiger partial charge in [0.15, 0.2) is 5.78 Å². The van der Waals surface area contributed by atoms with E-state index in [1.165, 1.54) is 11.6 Å². The summed E-state index contributed by atoms with van der Waals surface area (Å²) in [7, 11) is 0. The molecule has 0 saturated carbocycles. The van der Waals surface area contributed by atoms with E-state index in [9.17, 15) is 9.90 Å². The number of carbonyl (C=O) groups is 1. The highest BCUT2D eigenvalue weighted by Crippen LogP contribution is 2.49. The number of ketones is 1. The molecular weight excluding hydrogens is 324 g/mol. The lowest BCUT2D eigenvalue weighted by molar-refractivity contribution is -0.135. The summed E-state index contributed by atoms with van der Waals surface area (Å²) < 4.78 is 5.77. The van der Waals surface area contributed by atoms with Gasteiger partial charge in [-0.25, -0.2) is 0 Å². The zero-order chi connectivity index (χ0) is 17.7. The summed E-state index contributed by atoms with van der Waals surface area (Å²) in [5, 5.41) is 11.2. The van der Waals surface area contributed by atoms with Gasteiger partial charge in [-0.15, -0.1) is 0 Å². The molecule has 0 aromatic carbocycles. The number of hydrogen-bond acceptors (Lipinski definition) is 3. The van der Waals surface area contributed by atoms with Gasteiger partial charge in [-0.05, 0) is 57.2 Å². The lowest BCUT2D eigenvalue weighted by atomic mass is 9.59. The van der Waals surface area contributed by atoms with Gasteiger partial charge in [0, 0.05) is 17.8 Å². The van der Waals surface area contributed by atoms with E-state index in [4.69, 9.17) is 16.0 Å². The first-order valence-electron chi connectivity index (χ1n) is 8.52. The van der Waals surface area contributed by atoms with Crippen LogP contribution >= 0.6 is 11.6 Å². The zero-order valence-corrected chi connectivity index (χ0v) is 15.5. The molecule has 0 aliphatic heterocycles. The number of aliphatic hydroxyl groups is 1. The molecular formula is C20H25ClO3. The van der Waals surface area contributed by atoms with Crippen molar-refractivity contribution < 1.29 is 14.3 Å². The number of hydrogen-bond donors (Lipinski definition) is 1. The lowest BCUT2D eigenvalue weighted by Gasteiger charge is -2.47. The Morgan fingerprint density at radius 2 is 2.04 bits per heavy atom. The van der Waals surface area contributed by atoms with Crippen molar-refractivity contribution in [3.8, 4) is 0 Å². The van der Waals surface area contributed by atoms with Crippen LogP contribution in [0.15, 0.2) is 33.4 Å². The SMILES string of the molecule is C/C1=C\CCC2(C)C(=O)C(Cl)=CC(C)(O)C2Cc2c(C)coc2C1. The summed E-state index contributed by atoms with van der Waals surface area (Å²) in [5.41, 5.74) is 1.61. The highest BCUT2D eigenvalue weighted by atomic mass is 35.5. The molecule has 0 amide bonds. The van der Waals surface area contributed by atoms with E-state index in [-0.39, 0.29) is 16.7 Å². The Hall–Kier alpha value is -1.32. The van der Waals surface area contributed by atoms with Crippen LogP contribution < -0.4 is 0 Å². The molecule has 4 heteroatoms. The standard InChI is InChI=1S/C20H25ClO3/c1-12-6-5-7-19(3)17(20(4,23)10-15(21)18(19)22)9-14-13(2)11-24-16(14)8-12/h6,10-11,17,23H,5,7-9H2,1-4H3/b12-6+. The first kappa shape index (κ1) is 17.5. The maximum absolute atomic E-state index is 12.9. The van der Waals surface area contributed by atoms with Gasteiger partial charge in [-0.2, -0.15) is 0 Å². The fraction of sp³-hybridized carbons (Fsp3) is 0.550. The van der Waals surface area contributed by atoms with Crippen LogP contribution in [0.5, 0.6) is 0 Å². The number of carbonyl (C=O) groups excluding carboxylic acids is 1. The largest absolute Gasteiger partial charge is 0.468 e. The third kappa shape index (κ3) is 2.78. The van der Waals surface area contributed by atoms with Crippen molar-refractivity contribution in [2.24, 2.45) is 11.3 Å². The number of Topliss-reactive ketones (excluding diaryl/α,β-unsaturated/α-hetero) is 1. The average Bonchev–Trinajstić information content (AvgIpc) is 2.82. The fourth-order valence-electron chi connectivity index (χ4n) is 4.31. The van der Waals surface area contributed by atoms with Crippen LogP contribution in [0.4, 0.5) is 0 Å². The summed E-state index contributed by atoms with van der Waals surface area (Å²) in [6.07, 6.45) is 8.32. The number of halogens is 1. The maximum atomic E-state index is 12.9. The quantitative estimate of drug-likeness (QED) is 0.703. The third-order valence-corrected chi connectivity index (χ3v) is 6.10. The number of aryl methyl sites for hydroxylation is 1. The van der Waals surface area contributed by atoms with E-state index in [0.717, 1.165) is 29.7 Å². The normalized spacial score (nSPS) is 36.2. The molecule has 2 aliphatic carbocycles. The topological polar surface area (TPSA) is 50.4 Å². The molecule has 1 heterocycles. The Morgan fingerprint density at radius 1 is 1.33 bits per heavy atom. The maximum Gasteiger partial charge on any atom is 0.180 e. The minimum Gasteiger partial charge on any atom is -0.468 e. The van der Waals surface area contributed by atoms with Crippen LogP contribution in [0.3, 0.4) is 0 Å². The Balaban J connectivity index is 2.16. The van der Waals surface area contributed by atoms with Crippen molar-refractivity contribution >= 4 is 17.4 Å². The summed E-state index contributed by atoms with van der Waals surface area (Å²) in [4.78, 5) is 12.9. The predicted molar refractivity (Wildman–Crippen MR) is 95.0 cm³/mol. The molecule has 3 atom stereocenters. The molecule has 1 N–H and O–H groups in total. The third-order valence-electron chi connectivity index (χ3n) is 5.82. The molecule has 1 aromatic heterocycles. The van der Waals surface area contributed by atoms with Gasteiger partial charge in [0.05, 0.1) is 16.9 Å². The van der Waals surface area contributed by atoms with Crippen LogP contribution in [-0.4, -0.2) is 16.5 Å². The Bertz CT molecular complexity index is 738. The molecule has 0 radical (unpaired) electrons. The van der Waals surface area contributed by atoms with Crippen LogP contribution in [0.1, 0.15) is 50.5 Å². The first-order chi connectivity index (χ1) is 11.1. The fourth-order valence-corrected chi connectivity index (χ4v) is 4.75. The van der Waals surface area contributed by atoms with Crippen LogP contribution in [0.2, 0.25) is 0 Å². The smallest absolute Gasteiger partial charge is 0.180 e. The van der Waals surface area contributed by atoms with Gasteiger partial charge in [-0.1, -0.05) is 30.2 Å². The number of fused-ring (bicyclic) bond motifs is 2. The minimum absolute atomic E-state index is 0.0602. The second kappa shape index (κ2) is 5.89. The second-order valence-corrected chi connectivity index (χ2v) is 8.21. The molecule has 130 valence electrons. The Kier molecular flexibility index (Phi) is 4.29. The van der Waals surface area contributed by atoms with E-state index in [1.807, 2.05) is 13.8 Å². The average molecular weight is 349 g/mol. The second-order valence-electron chi connectivity index (χ2n) is 7.81. The first-order valence-corrected chi connectivity index (χ1v) is 8.90. The number of allylic oxidation sites excluding steroid dienone is 3. The number of rotatable bonds is 0. The van der Waals surface area contributed by atoms with Gasteiger partial charge >= 0.3 is 0 Å². The molecule has 1 aromatic rings. The van der Waals surface area contributed by atoms with Gasteiger partial charge in [0.1, 0.15) is 5.76 Å². The van der Waals surface area contributed by atoms with E-state index < -0.39 is 11.0 Å². The van der Waals surface area contributed by atoms with Gasteiger partial charge < -0.3 is 9.52 Å². The lowest BCUT2D eigenvalue weighted by Crippen LogP contribution is -2.52. The van der Waals surface area contributed by atoms with Crippen LogP contribution in [0.25, 0.3) is 0 Å². The van der Waals surface area contributed by atoms with Crippen molar-refractivity contribution in [2.45, 2.75) is 59.0 Å². The van der Waals surface area contributed by atoms with E-state index in [1.54, 1.807) is 13.2 Å². The molecule has 0 spiro atoms. The molecule has 3 nitrogen and oxygen atoms in total. The molecule has 3 rings (SSSR count). The monoisotopic (exact) mass is 348 g/mol. The van der Waals surface area contributed by atoms with E-state index in [0.29, 0.717) is 12.8 Å². The summed E-state index contributed by atoms with van der Waals surface area (Å²) in [5.74, 6) is 0.645. The Morgan fingerprint density at radius 3 is 2.75 bits per heavy atom.